The van der Waals surface area contributed by atoms with Crippen LogP contribution in [-0.2, 0) is 11.4 Å². The summed E-state index contributed by atoms with van der Waals surface area (Å²) in [4.78, 5) is 25.3. The lowest BCUT2D eigenvalue weighted by Crippen LogP contribution is -2.48. The smallest absolute Gasteiger partial charge is 0.262 e. The molecule has 2 amide bonds. The third-order valence-corrected chi connectivity index (χ3v) is 5.75. The number of nitrogens with zero attached hydrogens (tertiary/aromatic N) is 1. The van der Waals surface area contributed by atoms with E-state index < -0.39 is 17.9 Å². The van der Waals surface area contributed by atoms with E-state index in [0.717, 1.165) is 16.9 Å². The first kappa shape index (κ1) is 26.3. The lowest BCUT2D eigenvalue weighted by molar-refractivity contribution is -0.123. The molecule has 0 aliphatic heterocycles. The van der Waals surface area contributed by atoms with E-state index >= 15 is 0 Å². The topological polar surface area (TPSA) is 79.8 Å². The fraction of sp³-hybridized carbons (Fsp3) is 0.222. The second kappa shape index (κ2) is 12.4. The van der Waals surface area contributed by atoms with Gasteiger partial charge in [-0.3, -0.25) is 9.59 Å². The zero-order valence-corrected chi connectivity index (χ0v) is 21.2. The number of halogens is 2. The largest absolute Gasteiger partial charge is 0.489 e. The average Bonchev–Trinajstić information content (AvgIpc) is 2.82. The van der Waals surface area contributed by atoms with Crippen molar-refractivity contribution in [2.24, 2.45) is 11.0 Å². The second-order valence-corrected chi connectivity index (χ2v) is 9.24. The molecule has 0 saturated carbocycles. The van der Waals surface area contributed by atoms with Crippen molar-refractivity contribution < 1.29 is 14.3 Å². The van der Waals surface area contributed by atoms with Crippen LogP contribution in [0, 0.1) is 12.8 Å². The van der Waals surface area contributed by atoms with Gasteiger partial charge in [-0.1, -0.05) is 66.9 Å². The van der Waals surface area contributed by atoms with Crippen molar-refractivity contribution in [2.45, 2.75) is 33.4 Å². The summed E-state index contributed by atoms with van der Waals surface area (Å²) in [5.41, 5.74) is 5.81. The zero-order chi connectivity index (χ0) is 25.4. The zero-order valence-electron chi connectivity index (χ0n) is 19.7. The van der Waals surface area contributed by atoms with Crippen LogP contribution >= 0.6 is 23.2 Å². The molecule has 0 aromatic heterocycles. The first-order chi connectivity index (χ1) is 16.7. The number of hydrogen-bond acceptors (Lipinski definition) is 4. The summed E-state index contributed by atoms with van der Waals surface area (Å²) < 4.78 is 5.80. The van der Waals surface area contributed by atoms with Crippen LogP contribution in [0.3, 0.4) is 0 Å². The lowest BCUT2D eigenvalue weighted by Gasteiger charge is -2.20. The van der Waals surface area contributed by atoms with E-state index in [9.17, 15) is 9.59 Å². The second-order valence-electron chi connectivity index (χ2n) is 8.40. The van der Waals surface area contributed by atoms with Gasteiger partial charge in [0.15, 0.2) is 0 Å². The quantitative estimate of drug-likeness (QED) is 0.282. The highest BCUT2D eigenvalue weighted by atomic mass is 35.5. The number of ether oxygens (including phenoxy) is 1. The number of hydrogen-bond donors (Lipinski definition) is 2. The Morgan fingerprint density at radius 1 is 1.00 bits per heavy atom. The van der Waals surface area contributed by atoms with Crippen LogP contribution in [0.25, 0.3) is 0 Å². The molecule has 0 heterocycles. The van der Waals surface area contributed by atoms with E-state index in [4.69, 9.17) is 27.9 Å². The van der Waals surface area contributed by atoms with Crippen LogP contribution in [0.5, 0.6) is 5.75 Å². The molecule has 0 saturated heterocycles. The molecule has 1 unspecified atom stereocenters. The highest BCUT2D eigenvalue weighted by molar-refractivity contribution is 6.36. The number of nitrogens with one attached hydrogen (secondary N) is 2. The molecule has 0 spiro atoms. The minimum atomic E-state index is -0.802. The van der Waals surface area contributed by atoms with Gasteiger partial charge in [0.1, 0.15) is 18.4 Å². The number of rotatable bonds is 9. The van der Waals surface area contributed by atoms with E-state index in [1.807, 2.05) is 57.2 Å². The minimum absolute atomic E-state index is 0.176. The molecule has 35 heavy (non-hydrogen) atoms. The fourth-order valence-electron chi connectivity index (χ4n) is 3.17. The molecule has 3 rings (SSSR count). The number of carbonyl (C=O) groups excluding carboxylic acids is 2. The van der Waals surface area contributed by atoms with Gasteiger partial charge in [-0.15, -0.1) is 0 Å². The molecule has 1 atom stereocenters. The first-order valence-corrected chi connectivity index (χ1v) is 11.9. The molecular formula is C27H27Cl2N3O3. The Morgan fingerprint density at radius 3 is 2.31 bits per heavy atom. The molecule has 3 aromatic rings. The van der Waals surface area contributed by atoms with Crippen molar-refractivity contribution in [3.63, 3.8) is 0 Å². The first-order valence-electron chi connectivity index (χ1n) is 11.1. The third kappa shape index (κ3) is 7.84. The standard InChI is InChI=1S/C27H27Cl2N3O3/c1-17(2)25(31-26(33)23-13-10-21(28)14-24(23)29)27(34)32-30-15-19-8-11-22(12-9-19)35-16-20-6-4-18(3)5-7-20/h4-15,17,25H,16H2,1-3H3,(H,31,33)(H,32,34). The van der Waals surface area contributed by atoms with E-state index in [-0.39, 0.29) is 16.5 Å². The molecule has 0 aliphatic rings. The number of aryl methyl sites for hydroxylation is 1. The van der Waals surface area contributed by atoms with Crippen LogP contribution < -0.4 is 15.5 Å². The van der Waals surface area contributed by atoms with Gasteiger partial charge >= 0.3 is 0 Å². The summed E-state index contributed by atoms with van der Waals surface area (Å²) in [5, 5.41) is 7.37. The normalized spacial score (nSPS) is 11.9. The summed E-state index contributed by atoms with van der Waals surface area (Å²) in [6, 6.07) is 19.3. The summed E-state index contributed by atoms with van der Waals surface area (Å²) in [6.45, 7) is 6.18. The monoisotopic (exact) mass is 511 g/mol. The lowest BCUT2D eigenvalue weighted by atomic mass is 10.0. The van der Waals surface area contributed by atoms with Gasteiger partial charge in [-0.2, -0.15) is 5.10 Å². The maximum Gasteiger partial charge on any atom is 0.262 e. The Labute approximate surface area is 215 Å². The Balaban J connectivity index is 1.54. The number of benzene rings is 3. The van der Waals surface area contributed by atoms with Crippen molar-refractivity contribution in [3.8, 4) is 5.75 Å². The number of amides is 2. The van der Waals surface area contributed by atoms with Crippen LogP contribution in [0.2, 0.25) is 10.0 Å². The van der Waals surface area contributed by atoms with Gasteiger partial charge in [-0.25, -0.2) is 5.43 Å². The van der Waals surface area contributed by atoms with E-state index in [2.05, 4.69) is 28.0 Å². The van der Waals surface area contributed by atoms with Crippen molar-refractivity contribution in [2.75, 3.05) is 0 Å². The van der Waals surface area contributed by atoms with Crippen LogP contribution in [0.4, 0.5) is 0 Å². The molecule has 182 valence electrons. The number of carbonyl (C=O) groups is 2. The van der Waals surface area contributed by atoms with Gasteiger partial charge in [-0.05, 0) is 66.4 Å². The maximum absolute atomic E-state index is 12.7. The van der Waals surface area contributed by atoms with Crippen LogP contribution in [-0.4, -0.2) is 24.1 Å². The van der Waals surface area contributed by atoms with E-state index in [1.54, 1.807) is 6.07 Å². The molecule has 2 N–H and O–H groups in total. The molecular weight excluding hydrogens is 485 g/mol. The molecule has 0 fully saturated rings. The Kier molecular flexibility index (Phi) is 9.29. The van der Waals surface area contributed by atoms with Gasteiger partial charge in [0.05, 0.1) is 16.8 Å². The van der Waals surface area contributed by atoms with Crippen LogP contribution in [0.1, 0.15) is 40.9 Å². The van der Waals surface area contributed by atoms with Crippen molar-refractivity contribution in [3.05, 3.63) is 99.0 Å². The van der Waals surface area contributed by atoms with Gasteiger partial charge in [0.2, 0.25) is 0 Å². The summed E-state index contributed by atoms with van der Waals surface area (Å²) in [6.07, 6.45) is 1.52. The Bertz CT molecular complexity index is 1190. The van der Waals surface area contributed by atoms with Crippen LogP contribution in [0.15, 0.2) is 71.8 Å². The Hall–Kier alpha value is -3.35. The minimum Gasteiger partial charge on any atom is -0.489 e. The van der Waals surface area contributed by atoms with E-state index in [0.29, 0.717) is 11.6 Å². The highest BCUT2D eigenvalue weighted by Gasteiger charge is 2.25. The van der Waals surface area contributed by atoms with Crippen molar-refractivity contribution in [1.29, 1.82) is 0 Å². The summed E-state index contributed by atoms with van der Waals surface area (Å²) in [7, 11) is 0. The van der Waals surface area contributed by atoms with Crippen molar-refractivity contribution in [1.82, 2.24) is 10.7 Å². The van der Waals surface area contributed by atoms with E-state index in [1.165, 1.54) is 23.9 Å². The summed E-state index contributed by atoms with van der Waals surface area (Å²) in [5.74, 6) is -0.348. The van der Waals surface area contributed by atoms with Gasteiger partial charge in [0.25, 0.3) is 11.8 Å². The van der Waals surface area contributed by atoms with Gasteiger partial charge in [0, 0.05) is 5.02 Å². The maximum atomic E-state index is 12.7. The van der Waals surface area contributed by atoms with Crippen molar-refractivity contribution >= 4 is 41.2 Å². The van der Waals surface area contributed by atoms with Gasteiger partial charge < -0.3 is 10.1 Å². The molecule has 6 nitrogen and oxygen atoms in total. The molecule has 3 aromatic carbocycles. The average molecular weight is 512 g/mol. The molecule has 8 heteroatoms. The fourth-order valence-corrected chi connectivity index (χ4v) is 3.66. The highest BCUT2D eigenvalue weighted by Crippen LogP contribution is 2.21. The molecule has 0 aliphatic carbocycles. The number of hydrazone groups is 1. The Morgan fingerprint density at radius 2 is 1.69 bits per heavy atom. The summed E-state index contributed by atoms with van der Waals surface area (Å²) >= 11 is 12.0. The predicted molar refractivity (Wildman–Crippen MR) is 140 cm³/mol. The predicted octanol–water partition coefficient (Wildman–Crippen LogP) is 5.79. The SMILES string of the molecule is Cc1ccc(COc2ccc(C=NNC(=O)C(NC(=O)c3ccc(Cl)cc3Cl)C(C)C)cc2)cc1. The molecule has 0 radical (unpaired) electrons. The molecule has 0 bridgehead atoms. The third-order valence-electron chi connectivity index (χ3n) is 5.21.